The molecule has 0 bridgehead atoms. The van der Waals surface area contributed by atoms with Crippen molar-refractivity contribution in [3.05, 3.63) is 65.4 Å². The molecule has 0 saturated heterocycles. The van der Waals surface area contributed by atoms with Gasteiger partial charge >= 0.3 is 6.09 Å². The Morgan fingerprint density at radius 3 is 2.61 bits per heavy atom. The van der Waals surface area contributed by atoms with Gasteiger partial charge in [-0.3, -0.25) is 0 Å². The third kappa shape index (κ3) is 5.72. The highest BCUT2D eigenvalue weighted by Crippen LogP contribution is 2.30. The van der Waals surface area contributed by atoms with Crippen molar-refractivity contribution in [1.82, 2.24) is 19.9 Å². The van der Waals surface area contributed by atoms with Crippen molar-refractivity contribution >= 4 is 6.09 Å². The minimum atomic E-state index is -0.390. The van der Waals surface area contributed by atoms with Crippen molar-refractivity contribution < 1.29 is 14.3 Å². The summed E-state index contributed by atoms with van der Waals surface area (Å²) in [5.74, 6) is 0.921. The molecule has 1 aromatic heterocycles. The van der Waals surface area contributed by atoms with Crippen LogP contribution in [-0.4, -0.2) is 39.1 Å². The number of ether oxygens (including phenoxy) is 2. The fraction of sp³-hybridized carbons (Fsp3) is 0.423. The Kier molecular flexibility index (Phi) is 7.27. The number of carbonyl (C=O) groups excluding carboxylic acids is 1. The molecule has 0 spiro atoms. The van der Waals surface area contributed by atoms with Crippen molar-refractivity contribution in [3.63, 3.8) is 0 Å². The van der Waals surface area contributed by atoms with Crippen LogP contribution in [0.3, 0.4) is 0 Å². The monoisotopic (exact) mass is 448 g/mol. The number of hydrogen-bond donors (Lipinski definition) is 0. The fourth-order valence-corrected chi connectivity index (χ4v) is 4.22. The van der Waals surface area contributed by atoms with Crippen molar-refractivity contribution in [3.8, 4) is 17.0 Å². The predicted octanol–water partition coefficient (Wildman–Crippen LogP) is 5.27. The molecule has 0 radical (unpaired) electrons. The zero-order chi connectivity index (χ0) is 23.2. The Bertz CT molecular complexity index is 1070. The highest BCUT2D eigenvalue weighted by molar-refractivity contribution is 5.68. The summed E-state index contributed by atoms with van der Waals surface area (Å²) in [5, 5.41) is 8.49. The van der Waals surface area contributed by atoms with E-state index in [1.165, 1.54) is 19.3 Å². The smallest absolute Gasteiger partial charge is 0.410 e. The first-order chi connectivity index (χ1) is 16.0. The van der Waals surface area contributed by atoms with Crippen LogP contribution < -0.4 is 4.74 Å². The van der Waals surface area contributed by atoms with Crippen LogP contribution in [0.2, 0.25) is 0 Å². The third-order valence-electron chi connectivity index (χ3n) is 6.14. The molecule has 0 atom stereocenters. The predicted molar refractivity (Wildman–Crippen MR) is 127 cm³/mol. The Morgan fingerprint density at radius 2 is 1.88 bits per heavy atom. The summed E-state index contributed by atoms with van der Waals surface area (Å²) in [6, 6.07) is 15.9. The number of benzene rings is 2. The SMILES string of the molecule is Cc1cc(-c2nnn(C)c2COC(=O)N(C)Cc2ccccc2)ccc1OC1CCCCC1. The first-order valence-electron chi connectivity index (χ1n) is 11.6. The molecular weight excluding hydrogens is 416 g/mol. The maximum absolute atomic E-state index is 12.5. The quantitative estimate of drug-likeness (QED) is 0.492. The van der Waals surface area contributed by atoms with Gasteiger partial charge in [0.25, 0.3) is 0 Å². The molecule has 0 aliphatic heterocycles. The summed E-state index contributed by atoms with van der Waals surface area (Å²) >= 11 is 0. The normalized spacial score (nSPS) is 14.2. The van der Waals surface area contributed by atoms with Gasteiger partial charge in [-0.1, -0.05) is 42.0 Å². The zero-order valence-electron chi connectivity index (χ0n) is 19.7. The number of hydrogen-bond acceptors (Lipinski definition) is 5. The van der Waals surface area contributed by atoms with Gasteiger partial charge in [0.15, 0.2) is 0 Å². The number of aromatic nitrogens is 3. The molecule has 4 rings (SSSR count). The van der Waals surface area contributed by atoms with Crippen LogP contribution in [0.1, 0.15) is 48.9 Å². The zero-order valence-corrected chi connectivity index (χ0v) is 19.7. The van der Waals surface area contributed by atoms with Crippen LogP contribution in [0.25, 0.3) is 11.3 Å². The lowest BCUT2D eigenvalue weighted by molar-refractivity contribution is 0.101. The summed E-state index contributed by atoms with van der Waals surface area (Å²) in [5.41, 5.74) is 4.50. The van der Waals surface area contributed by atoms with E-state index in [2.05, 4.69) is 23.3 Å². The number of nitrogens with zero attached hydrogens (tertiary/aromatic N) is 4. The van der Waals surface area contributed by atoms with E-state index >= 15 is 0 Å². The van der Waals surface area contributed by atoms with E-state index in [1.54, 1.807) is 23.7 Å². The Balaban J connectivity index is 1.42. The number of aryl methyl sites for hydroxylation is 2. The second-order valence-corrected chi connectivity index (χ2v) is 8.76. The van der Waals surface area contributed by atoms with Crippen molar-refractivity contribution in [2.75, 3.05) is 7.05 Å². The molecule has 174 valence electrons. The molecule has 1 aliphatic carbocycles. The molecule has 2 aromatic carbocycles. The van der Waals surface area contributed by atoms with Crippen LogP contribution in [0.4, 0.5) is 4.79 Å². The van der Waals surface area contributed by atoms with Crippen LogP contribution in [0, 0.1) is 6.92 Å². The molecule has 0 N–H and O–H groups in total. The molecule has 7 nitrogen and oxygen atoms in total. The van der Waals surface area contributed by atoms with Crippen LogP contribution in [0.5, 0.6) is 5.75 Å². The summed E-state index contributed by atoms with van der Waals surface area (Å²) in [7, 11) is 3.53. The van der Waals surface area contributed by atoms with Gasteiger partial charge in [-0.15, -0.1) is 5.10 Å². The second-order valence-electron chi connectivity index (χ2n) is 8.76. The van der Waals surface area contributed by atoms with E-state index in [-0.39, 0.29) is 6.61 Å². The minimum Gasteiger partial charge on any atom is -0.490 e. The van der Waals surface area contributed by atoms with Gasteiger partial charge in [0.05, 0.1) is 6.10 Å². The summed E-state index contributed by atoms with van der Waals surface area (Å²) in [6.07, 6.45) is 5.95. The van der Waals surface area contributed by atoms with Crippen molar-refractivity contribution in [2.45, 2.75) is 58.3 Å². The lowest BCUT2D eigenvalue weighted by Crippen LogP contribution is -2.27. The number of carbonyl (C=O) groups is 1. The van der Waals surface area contributed by atoms with E-state index in [4.69, 9.17) is 9.47 Å². The van der Waals surface area contributed by atoms with Crippen molar-refractivity contribution in [1.29, 1.82) is 0 Å². The molecule has 7 heteroatoms. The van der Waals surface area contributed by atoms with Gasteiger partial charge < -0.3 is 14.4 Å². The highest BCUT2D eigenvalue weighted by atomic mass is 16.6. The average molecular weight is 449 g/mol. The lowest BCUT2D eigenvalue weighted by Gasteiger charge is -2.24. The largest absolute Gasteiger partial charge is 0.490 e. The highest BCUT2D eigenvalue weighted by Gasteiger charge is 2.19. The second kappa shape index (κ2) is 10.5. The Labute approximate surface area is 195 Å². The van der Waals surface area contributed by atoms with E-state index in [9.17, 15) is 4.79 Å². The average Bonchev–Trinajstić information content (AvgIpc) is 3.20. The van der Waals surface area contributed by atoms with Gasteiger partial charge in [0, 0.05) is 26.2 Å². The molecular formula is C26H32N4O3. The maximum Gasteiger partial charge on any atom is 0.410 e. The van der Waals surface area contributed by atoms with Crippen LogP contribution in [-0.2, 0) is 24.9 Å². The number of amides is 1. The fourth-order valence-electron chi connectivity index (χ4n) is 4.22. The van der Waals surface area contributed by atoms with Crippen LogP contribution in [0.15, 0.2) is 48.5 Å². The Morgan fingerprint density at radius 1 is 1.12 bits per heavy atom. The van der Waals surface area contributed by atoms with Gasteiger partial charge in [-0.25, -0.2) is 9.48 Å². The molecule has 3 aromatic rings. The van der Waals surface area contributed by atoms with E-state index < -0.39 is 6.09 Å². The van der Waals surface area contributed by atoms with Gasteiger partial charge in [-0.05, 0) is 61.9 Å². The minimum absolute atomic E-state index is 0.0934. The summed E-state index contributed by atoms with van der Waals surface area (Å²) < 4.78 is 13.5. The molecule has 33 heavy (non-hydrogen) atoms. The molecule has 0 unspecified atom stereocenters. The first-order valence-corrected chi connectivity index (χ1v) is 11.6. The molecule has 1 amide bonds. The van der Waals surface area contributed by atoms with E-state index in [0.29, 0.717) is 18.3 Å². The standard InChI is InChI=1S/C26H32N4O3/c1-19-16-21(14-15-24(19)33-22-12-8-5-9-13-22)25-23(30(3)28-27-25)18-32-26(31)29(2)17-20-10-6-4-7-11-20/h4,6-7,10-11,14-16,22H,5,8-9,12-13,17-18H2,1-3H3. The van der Waals surface area contributed by atoms with E-state index in [0.717, 1.165) is 41.0 Å². The third-order valence-corrected chi connectivity index (χ3v) is 6.14. The van der Waals surface area contributed by atoms with Gasteiger partial charge in [0.2, 0.25) is 0 Å². The Hall–Kier alpha value is -3.35. The van der Waals surface area contributed by atoms with Gasteiger partial charge in [0.1, 0.15) is 23.7 Å². The molecule has 1 saturated carbocycles. The first kappa shape index (κ1) is 22.8. The lowest BCUT2D eigenvalue weighted by atomic mass is 9.97. The topological polar surface area (TPSA) is 69.5 Å². The molecule has 1 fully saturated rings. The maximum atomic E-state index is 12.5. The molecule has 1 aliphatic rings. The van der Waals surface area contributed by atoms with E-state index in [1.807, 2.05) is 42.5 Å². The van der Waals surface area contributed by atoms with Crippen LogP contribution >= 0.6 is 0 Å². The summed E-state index contributed by atoms with van der Waals surface area (Å²) in [4.78, 5) is 14.1. The summed E-state index contributed by atoms with van der Waals surface area (Å²) in [6.45, 7) is 2.63. The van der Waals surface area contributed by atoms with Crippen molar-refractivity contribution in [2.24, 2.45) is 7.05 Å². The van der Waals surface area contributed by atoms with Gasteiger partial charge in [-0.2, -0.15) is 0 Å². The number of rotatable bonds is 7. The molecule has 1 heterocycles.